The normalized spacial score (nSPS) is 26.8. The van der Waals surface area contributed by atoms with E-state index >= 15 is 0 Å². The first-order valence-electron chi connectivity index (χ1n) is 6.23. The van der Waals surface area contributed by atoms with E-state index in [0.717, 1.165) is 6.54 Å². The number of piperidine rings is 1. The van der Waals surface area contributed by atoms with Crippen LogP contribution in [-0.2, 0) is 4.74 Å². The van der Waals surface area contributed by atoms with Crippen LogP contribution in [0.15, 0.2) is 0 Å². The molecule has 3 heteroatoms. The van der Waals surface area contributed by atoms with E-state index in [0.29, 0.717) is 11.5 Å². The molecule has 88 valence electrons. The lowest BCUT2D eigenvalue weighted by Crippen LogP contribution is -2.40. The molecule has 0 aromatic heterocycles. The van der Waals surface area contributed by atoms with Crippen LogP contribution < -0.4 is 5.73 Å². The number of hydrogen-bond donors (Lipinski definition) is 1. The van der Waals surface area contributed by atoms with Crippen molar-refractivity contribution in [3.8, 4) is 0 Å². The van der Waals surface area contributed by atoms with Crippen molar-refractivity contribution < 1.29 is 4.74 Å². The smallest absolute Gasteiger partial charge is 0.0595 e. The Morgan fingerprint density at radius 3 is 2.47 bits per heavy atom. The molecule has 3 nitrogen and oxygen atoms in total. The average Bonchev–Trinajstić information content (AvgIpc) is 3.00. The predicted molar refractivity (Wildman–Crippen MR) is 61.8 cm³/mol. The maximum atomic E-state index is 5.66. The third kappa shape index (κ3) is 2.92. The van der Waals surface area contributed by atoms with Crippen LogP contribution in [0.5, 0.6) is 0 Å². The molecule has 15 heavy (non-hydrogen) atoms. The molecule has 0 bridgehead atoms. The molecule has 1 saturated carbocycles. The van der Waals surface area contributed by atoms with Gasteiger partial charge in [0.15, 0.2) is 0 Å². The van der Waals surface area contributed by atoms with Gasteiger partial charge in [-0.25, -0.2) is 0 Å². The fourth-order valence-electron chi connectivity index (χ4n) is 2.75. The summed E-state index contributed by atoms with van der Waals surface area (Å²) in [5.74, 6) is 0. The highest BCUT2D eigenvalue weighted by Crippen LogP contribution is 2.49. The number of ether oxygens (including phenoxy) is 1. The molecule has 0 amide bonds. The fourth-order valence-corrected chi connectivity index (χ4v) is 2.75. The molecule has 1 aliphatic heterocycles. The zero-order valence-electron chi connectivity index (χ0n) is 9.87. The van der Waals surface area contributed by atoms with Crippen molar-refractivity contribution in [2.75, 3.05) is 33.3 Å². The third-order valence-electron chi connectivity index (χ3n) is 4.06. The SMILES string of the molecule is COC1CCN(CC2(CCN)CC2)CC1. The Morgan fingerprint density at radius 2 is 2.00 bits per heavy atom. The third-order valence-corrected chi connectivity index (χ3v) is 4.06. The van der Waals surface area contributed by atoms with Gasteiger partial charge < -0.3 is 15.4 Å². The molecular weight excluding hydrogens is 188 g/mol. The van der Waals surface area contributed by atoms with Gasteiger partial charge in [0.2, 0.25) is 0 Å². The fraction of sp³-hybridized carbons (Fsp3) is 1.00. The Kier molecular flexibility index (Phi) is 3.65. The summed E-state index contributed by atoms with van der Waals surface area (Å²) in [7, 11) is 1.83. The van der Waals surface area contributed by atoms with Crippen LogP contribution in [0.4, 0.5) is 0 Å². The number of hydrogen-bond acceptors (Lipinski definition) is 3. The number of likely N-dealkylation sites (tertiary alicyclic amines) is 1. The van der Waals surface area contributed by atoms with Gasteiger partial charge in [-0.1, -0.05) is 0 Å². The van der Waals surface area contributed by atoms with Crippen LogP contribution in [0.3, 0.4) is 0 Å². The molecule has 0 unspecified atom stereocenters. The van der Waals surface area contributed by atoms with Gasteiger partial charge in [0, 0.05) is 26.7 Å². The van der Waals surface area contributed by atoms with E-state index in [9.17, 15) is 0 Å². The molecule has 2 fully saturated rings. The highest BCUT2D eigenvalue weighted by Gasteiger charge is 2.43. The maximum absolute atomic E-state index is 5.66. The summed E-state index contributed by atoms with van der Waals surface area (Å²) in [6.07, 6.45) is 6.93. The first kappa shape index (κ1) is 11.4. The summed E-state index contributed by atoms with van der Waals surface area (Å²) < 4.78 is 5.39. The summed E-state index contributed by atoms with van der Waals surface area (Å²) in [4.78, 5) is 2.61. The molecule has 0 aromatic rings. The van der Waals surface area contributed by atoms with E-state index in [1.807, 2.05) is 7.11 Å². The predicted octanol–water partition coefficient (Wildman–Crippen LogP) is 1.23. The molecule has 0 spiro atoms. The van der Waals surface area contributed by atoms with Crippen LogP contribution in [0.2, 0.25) is 0 Å². The van der Waals surface area contributed by atoms with E-state index in [2.05, 4.69) is 4.90 Å². The van der Waals surface area contributed by atoms with Crippen molar-refractivity contribution in [1.29, 1.82) is 0 Å². The standard InChI is InChI=1S/C12H24N2O/c1-15-11-2-8-14(9-3-11)10-12(4-5-12)6-7-13/h11H,2-10,13H2,1H3. The van der Waals surface area contributed by atoms with Crippen LogP contribution in [-0.4, -0.2) is 44.3 Å². The second-order valence-corrected chi connectivity index (χ2v) is 5.25. The monoisotopic (exact) mass is 212 g/mol. The number of nitrogens with zero attached hydrogens (tertiary/aromatic N) is 1. The summed E-state index contributed by atoms with van der Waals surface area (Å²) in [6, 6.07) is 0. The lowest BCUT2D eigenvalue weighted by Gasteiger charge is -2.33. The molecule has 0 atom stereocenters. The number of nitrogens with two attached hydrogens (primary N) is 1. The highest BCUT2D eigenvalue weighted by atomic mass is 16.5. The van der Waals surface area contributed by atoms with Crippen molar-refractivity contribution in [2.45, 2.75) is 38.2 Å². The highest BCUT2D eigenvalue weighted by molar-refractivity contribution is 4.96. The summed E-state index contributed by atoms with van der Waals surface area (Å²) in [6.45, 7) is 4.56. The molecule has 1 saturated heterocycles. The zero-order valence-corrected chi connectivity index (χ0v) is 9.87. The molecule has 1 aliphatic carbocycles. The minimum absolute atomic E-state index is 0.505. The molecule has 2 aliphatic rings. The number of methoxy groups -OCH3 is 1. The maximum Gasteiger partial charge on any atom is 0.0595 e. The molecular formula is C12H24N2O. The average molecular weight is 212 g/mol. The van der Waals surface area contributed by atoms with Crippen molar-refractivity contribution in [3.05, 3.63) is 0 Å². The Bertz CT molecular complexity index is 196. The summed E-state index contributed by atoms with van der Waals surface area (Å²) in [5, 5.41) is 0. The lowest BCUT2D eigenvalue weighted by atomic mass is 9.99. The van der Waals surface area contributed by atoms with Gasteiger partial charge in [0.1, 0.15) is 0 Å². The Balaban J connectivity index is 1.72. The van der Waals surface area contributed by atoms with Gasteiger partial charge in [-0.3, -0.25) is 0 Å². The Labute approximate surface area is 93.0 Å². The summed E-state index contributed by atoms with van der Waals surface area (Å²) in [5.41, 5.74) is 6.27. The van der Waals surface area contributed by atoms with E-state index in [4.69, 9.17) is 10.5 Å². The minimum atomic E-state index is 0.505. The van der Waals surface area contributed by atoms with Gasteiger partial charge in [0.05, 0.1) is 6.10 Å². The van der Waals surface area contributed by atoms with Gasteiger partial charge >= 0.3 is 0 Å². The van der Waals surface area contributed by atoms with Crippen LogP contribution in [0.25, 0.3) is 0 Å². The second-order valence-electron chi connectivity index (χ2n) is 5.25. The molecule has 1 heterocycles. The van der Waals surface area contributed by atoms with Crippen molar-refractivity contribution in [1.82, 2.24) is 4.90 Å². The van der Waals surface area contributed by atoms with Gasteiger partial charge in [-0.15, -0.1) is 0 Å². The second kappa shape index (κ2) is 4.81. The van der Waals surface area contributed by atoms with E-state index in [1.54, 1.807) is 0 Å². The Hall–Kier alpha value is -0.120. The van der Waals surface area contributed by atoms with Gasteiger partial charge in [-0.2, -0.15) is 0 Å². The lowest BCUT2D eigenvalue weighted by molar-refractivity contribution is 0.0346. The van der Waals surface area contributed by atoms with Gasteiger partial charge in [0.25, 0.3) is 0 Å². The first-order valence-corrected chi connectivity index (χ1v) is 6.23. The molecule has 0 radical (unpaired) electrons. The van der Waals surface area contributed by atoms with E-state index in [1.165, 1.54) is 51.7 Å². The first-order chi connectivity index (χ1) is 7.28. The van der Waals surface area contributed by atoms with Crippen LogP contribution in [0, 0.1) is 5.41 Å². The van der Waals surface area contributed by atoms with E-state index in [-0.39, 0.29) is 0 Å². The van der Waals surface area contributed by atoms with E-state index < -0.39 is 0 Å². The van der Waals surface area contributed by atoms with Gasteiger partial charge in [-0.05, 0) is 44.1 Å². The van der Waals surface area contributed by atoms with Crippen molar-refractivity contribution in [3.63, 3.8) is 0 Å². The molecule has 2 rings (SSSR count). The zero-order chi connectivity index (χ0) is 10.7. The van der Waals surface area contributed by atoms with Crippen LogP contribution in [0.1, 0.15) is 32.1 Å². The minimum Gasteiger partial charge on any atom is -0.381 e. The number of rotatable bonds is 5. The van der Waals surface area contributed by atoms with Crippen LogP contribution >= 0.6 is 0 Å². The van der Waals surface area contributed by atoms with Crippen molar-refractivity contribution >= 4 is 0 Å². The summed E-state index contributed by atoms with van der Waals surface area (Å²) >= 11 is 0. The Morgan fingerprint density at radius 1 is 1.33 bits per heavy atom. The molecule has 2 N–H and O–H groups in total. The van der Waals surface area contributed by atoms with Crippen molar-refractivity contribution in [2.24, 2.45) is 11.1 Å². The largest absolute Gasteiger partial charge is 0.381 e. The quantitative estimate of drug-likeness (QED) is 0.745. The molecule has 0 aromatic carbocycles. The topological polar surface area (TPSA) is 38.5 Å².